The summed E-state index contributed by atoms with van der Waals surface area (Å²) in [6, 6.07) is 16.3. The van der Waals surface area contributed by atoms with Crippen LogP contribution >= 0.6 is 0 Å². The Bertz CT molecular complexity index is 540. The van der Waals surface area contributed by atoms with Gasteiger partial charge in [-0.2, -0.15) is 0 Å². The summed E-state index contributed by atoms with van der Waals surface area (Å²) < 4.78 is 5.71. The summed E-state index contributed by atoms with van der Waals surface area (Å²) in [5, 5.41) is 9.07. The van der Waals surface area contributed by atoms with Crippen LogP contribution in [-0.2, 0) is 19.5 Å². The van der Waals surface area contributed by atoms with Crippen molar-refractivity contribution >= 4 is 5.97 Å². The van der Waals surface area contributed by atoms with Crippen LogP contribution in [-0.4, -0.2) is 11.1 Å². The van der Waals surface area contributed by atoms with Crippen molar-refractivity contribution in [3.05, 3.63) is 65.7 Å². The molecule has 0 saturated heterocycles. The van der Waals surface area contributed by atoms with E-state index in [4.69, 9.17) is 9.84 Å². The molecule has 1 unspecified atom stereocenters. The first-order chi connectivity index (χ1) is 8.68. The second kappa shape index (κ2) is 7.05. The van der Waals surface area contributed by atoms with Crippen LogP contribution in [0.25, 0.3) is 0 Å². The third kappa shape index (κ3) is 3.90. The van der Waals surface area contributed by atoms with Gasteiger partial charge < -0.3 is 9.84 Å². The molecule has 0 aliphatic carbocycles. The zero-order chi connectivity index (χ0) is 13.0. The molecule has 0 fully saturated rings. The van der Waals surface area contributed by atoms with Crippen LogP contribution in [0.3, 0.4) is 0 Å². The van der Waals surface area contributed by atoms with E-state index in [1.54, 1.807) is 18.2 Å². The molecule has 0 saturated carbocycles. The van der Waals surface area contributed by atoms with Crippen molar-refractivity contribution in [1.29, 1.82) is 0 Å². The van der Waals surface area contributed by atoms with E-state index in [-0.39, 0.29) is 31.1 Å². The zero-order valence-corrected chi connectivity index (χ0v) is 13.7. The number of hydrogen-bond donors (Lipinski definition) is 1. The molecule has 94 valence electrons. The minimum absolute atomic E-state index is 0. The average Bonchev–Trinajstić information content (AvgIpc) is 2.40. The maximum atomic E-state index is 11.1. The van der Waals surface area contributed by atoms with Gasteiger partial charge in [0.2, 0.25) is 0 Å². The van der Waals surface area contributed by atoms with Gasteiger partial charge in [0, 0.05) is 19.5 Å². The average molecular weight is 308 g/mol. The molecule has 0 heterocycles. The number of carbonyl (C=O) groups is 1. The van der Waals surface area contributed by atoms with Crippen molar-refractivity contribution in [1.82, 2.24) is 0 Å². The van der Waals surface area contributed by atoms with Crippen LogP contribution in [0.15, 0.2) is 54.6 Å². The van der Waals surface area contributed by atoms with Gasteiger partial charge in [-0.3, -0.25) is 0 Å². The van der Waals surface area contributed by atoms with Crippen molar-refractivity contribution in [2.75, 3.05) is 0 Å². The van der Waals surface area contributed by atoms with Crippen molar-refractivity contribution in [2.45, 2.75) is 13.0 Å². The van der Waals surface area contributed by atoms with Crippen LogP contribution in [0.2, 0.25) is 0 Å². The fourth-order valence-electron chi connectivity index (χ4n) is 1.73. The molecule has 4 heteroatoms. The summed E-state index contributed by atoms with van der Waals surface area (Å²) in [6.45, 7) is 1.90. The summed E-state index contributed by atoms with van der Waals surface area (Å²) in [5.41, 5.74) is 1.19. The molecule has 3 nitrogen and oxygen atoms in total. The van der Waals surface area contributed by atoms with Crippen molar-refractivity contribution in [3.8, 4) is 5.75 Å². The van der Waals surface area contributed by atoms with Crippen LogP contribution in [0, 0.1) is 0 Å². The molecule has 0 radical (unpaired) electrons. The van der Waals surface area contributed by atoms with Gasteiger partial charge in [0.05, 0.1) is 0 Å². The quantitative estimate of drug-likeness (QED) is 0.879. The maximum absolute atomic E-state index is 11.1. The smallest absolute Gasteiger partial charge is 0.339 e. The first-order valence-corrected chi connectivity index (χ1v) is 5.72. The SMILES string of the molecule is CC(Oc1ccccc1C(=O)O)c1ccccc1.[Zn]. The Balaban J connectivity index is 0.00000180. The molecule has 19 heavy (non-hydrogen) atoms. The number of para-hydroxylation sites is 1. The summed E-state index contributed by atoms with van der Waals surface area (Å²) >= 11 is 0. The van der Waals surface area contributed by atoms with E-state index in [1.807, 2.05) is 37.3 Å². The summed E-state index contributed by atoms with van der Waals surface area (Å²) in [5.74, 6) is -0.591. The first kappa shape index (κ1) is 15.4. The Morgan fingerprint density at radius 3 is 2.26 bits per heavy atom. The number of ether oxygens (including phenoxy) is 1. The van der Waals surface area contributed by atoms with Gasteiger partial charge in [-0.1, -0.05) is 42.5 Å². The van der Waals surface area contributed by atoms with Gasteiger partial charge in [0.25, 0.3) is 0 Å². The number of hydrogen-bond acceptors (Lipinski definition) is 2. The molecular formula is C15H14O3Zn. The maximum Gasteiger partial charge on any atom is 0.339 e. The molecule has 0 bridgehead atoms. The van der Waals surface area contributed by atoms with E-state index >= 15 is 0 Å². The van der Waals surface area contributed by atoms with E-state index < -0.39 is 5.97 Å². The standard InChI is InChI=1S/C15H14O3.Zn/c1-11(12-7-3-2-4-8-12)18-14-10-6-5-9-13(14)15(16)17;/h2-11H,1H3,(H,16,17);. The first-order valence-electron chi connectivity index (χ1n) is 5.72. The molecule has 0 aliphatic rings. The van der Waals surface area contributed by atoms with Crippen LogP contribution < -0.4 is 4.74 Å². The van der Waals surface area contributed by atoms with Gasteiger partial charge in [-0.05, 0) is 24.6 Å². The van der Waals surface area contributed by atoms with E-state index in [0.29, 0.717) is 5.75 Å². The number of benzene rings is 2. The predicted octanol–water partition coefficient (Wildman–Crippen LogP) is 3.52. The van der Waals surface area contributed by atoms with E-state index in [9.17, 15) is 4.79 Å². The Morgan fingerprint density at radius 1 is 1.05 bits per heavy atom. The monoisotopic (exact) mass is 306 g/mol. The minimum Gasteiger partial charge on any atom is -0.485 e. The van der Waals surface area contributed by atoms with E-state index in [0.717, 1.165) is 5.56 Å². The Labute approximate surface area is 125 Å². The number of aromatic carboxylic acids is 1. The molecule has 1 N–H and O–H groups in total. The topological polar surface area (TPSA) is 46.5 Å². The third-order valence-corrected chi connectivity index (χ3v) is 2.69. The molecule has 0 spiro atoms. The van der Waals surface area contributed by atoms with Crippen molar-refractivity contribution < 1.29 is 34.1 Å². The second-order valence-corrected chi connectivity index (χ2v) is 3.97. The largest absolute Gasteiger partial charge is 0.485 e. The summed E-state index contributed by atoms with van der Waals surface area (Å²) in [4.78, 5) is 11.1. The van der Waals surface area contributed by atoms with E-state index in [1.165, 1.54) is 6.07 Å². The van der Waals surface area contributed by atoms with Crippen LogP contribution in [0.4, 0.5) is 0 Å². The molecule has 2 rings (SSSR count). The molecule has 0 aromatic heterocycles. The van der Waals surface area contributed by atoms with Gasteiger partial charge in [0.1, 0.15) is 17.4 Å². The number of rotatable bonds is 4. The van der Waals surface area contributed by atoms with Crippen LogP contribution in [0.1, 0.15) is 28.9 Å². The molecular weight excluding hydrogens is 294 g/mol. The fourth-order valence-corrected chi connectivity index (χ4v) is 1.73. The van der Waals surface area contributed by atoms with E-state index in [2.05, 4.69) is 0 Å². The Kier molecular flexibility index (Phi) is 5.71. The van der Waals surface area contributed by atoms with Gasteiger partial charge >= 0.3 is 5.97 Å². The second-order valence-electron chi connectivity index (χ2n) is 3.97. The zero-order valence-electron chi connectivity index (χ0n) is 10.7. The van der Waals surface area contributed by atoms with Crippen molar-refractivity contribution in [3.63, 3.8) is 0 Å². The normalized spacial score (nSPS) is 11.2. The molecule has 1 atom stereocenters. The van der Waals surface area contributed by atoms with Gasteiger partial charge in [-0.25, -0.2) is 4.79 Å². The Morgan fingerprint density at radius 2 is 1.63 bits per heavy atom. The summed E-state index contributed by atoms with van der Waals surface area (Å²) in [6.07, 6.45) is -0.188. The van der Waals surface area contributed by atoms with Gasteiger partial charge in [0.15, 0.2) is 0 Å². The number of carboxylic acids is 1. The van der Waals surface area contributed by atoms with Crippen molar-refractivity contribution in [2.24, 2.45) is 0 Å². The summed E-state index contributed by atoms with van der Waals surface area (Å²) in [7, 11) is 0. The fraction of sp³-hybridized carbons (Fsp3) is 0.133. The van der Waals surface area contributed by atoms with Crippen LogP contribution in [0.5, 0.6) is 5.75 Å². The molecule has 0 aliphatic heterocycles. The molecule has 2 aromatic carbocycles. The molecule has 2 aromatic rings. The third-order valence-electron chi connectivity index (χ3n) is 2.69. The molecule has 0 amide bonds. The minimum atomic E-state index is -0.981. The predicted molar refractivity (Wildman–Crippen MR) is 68.9 cm³/mol. The number of carboxylic acid groups (broad SMARTS) is 1. The van der Waals surface area contributed by atoms with Gasteiger partial charge in [-0.15, -0.1) is 0 Å². The Hall–Kier alpha value is -1.67.